The minimum Gasteiger partial charge on any atom is -0.356 e. The smallest absolute Gasteiger partial charge is 0.194 e. The van der Waals surface area contributed by atoms with Gasteiger partial charge in [-0.25, -0.2) is 0 Å². The number of rotatable bonds is 0. The van der Waals surface area contributed by atoms with Gasteiger partial charge in [0.1, 0.15) is 0 Å². The average molecular weight is 139 g/mol. The van der Waals surface area contributed by atoms with Gasteiger partial charge in [-0.05, 0) is 13.3 Å². The first-order valence-corrected chi connectivity index (χ1v) is 3.93. The quantitative estimate of drug-likeness (QED) is 0.513. The molecular weight excluding hydrogens is 126 g/mol. The molecular formula is C7H13N3. The summed E-state index contributed by atoms with van der Waals surface area (Å²) >= 11 is 0. The molecule has 1 unspecified atom stereocenters. The van der Waals surface area contributed by atoms with E-state index in [9.17, 15) is 0 Å². The van der Waals surface area contributed by atoms with Gasteiger partial charge in [0.05, 0.1) is 6.54 Å². The fourth-order valence-electron chi connectivity index (χ4n) is 1.60. The van der Waals surface area contributed by atoms with E-state index in [0.29, 0.717) is 6.04 Å². The standard InChI is InChI=1S/C7H13N3/c1-6-2-3-8-7-9-4-5-10(6)7/h6H,2-5H2,1H3,(H,8,9). The highest BCUT2D eigenvalue weighted by Gasteiger charge is 2.25. The van der Waals surface area contributed by atoms with Crippen molar-refractivity contribution in [3.05, 3.63) is 0 Å². The summed E-state index contributed by atoms with van der Waals surface area (Å²) < 4.78 is 0. The van der Waals surface area contributed by atoms with Crippen LogP contribution in [0.2, 0.25) is 0 Å². The SMILES string of the molecule is CC1CCNC2=NCCN21. The van der Waals surface area contributed by atoms with Crippen LogP contribution in [0.5, 0.6) is 0 Å². The number of fused-ring (bicyclic) bond motifs is 1. The summed E-state index contributed by atoms with van der Waals surface area (Å²) in [5, 5.41) is 3.29. The molecule has 2 aliphatic rings. The molecule has 0 amide bonds. The lowest BCUT2D eigenvalue weighted by Gasteiger charge is -2.32. The number of aliphatic imine (C=N–C) groups is 1. The third kappa shape index (κ3) is 0.770. The molecule has 0 saturated carbocycles. The van der Waals surface area contributed by atoms with Crippen LogP contribution in [-0.4, -0.2) is 36.5 Å². The molecule has 2 heterocycles. The highest BCUT2D eigenvalue weighted by atomic mass is 15.4. The van der Waals surface area contributed by atoms with Crippen LogP contribution in [0.4, 0.5) is 0 Å². The van der Waals surface area contributed by atoms with Gasteiger partial charge in [0.15, 0.2) is 5.96 Å². The second-order valence-electron chi connectivity index (χ2n) is 2.96. The van der Waals surface area contributed by atoms with Crippen LogP contribution in [0.1, 0.15) is 13.3 Å². The van der Waals surface area contributed by atoms with E-state index in [1.165, 1.54) is 6.42 Å². The van der Waals surface area contributed by atoms with Crippen LogP contribution < -0.4 is 5.32 Å². The molecule has 0 aromatic rings. The summed E-state index contributed by atoms with van der Waals surface area (Å²) in [4.78, 5) is 6.69. The maximum Gasteiger partial charge on any atom is 0.194 e. The van der Waals surface area contributed by atoms with Crippen molar-refractivity contribution < 1.29 is 0 Å². The summed E-state index contributed by atoms with van der Waals surface area (Å²) in [6, 6.07) is 0.697. The van der Waals surface area contributed by atoms with Gasteiger partial charge in [-0.1, -0.05) is 0 Å². The molecule has 0 aliphatic carbocycles. The largest absolute Gasteiger partial charge is 0.356 e. The first-order chi connectivity index (χ1) is 4.88. The van der Waals surface area contributed by atoms with Gasteiger partial charge < -0.3 is 10.2 Å². The minimum atomic E-state index is 0.697. The van der Waals surface area contributed by atoms with E-state index in [-0.39, 0.29) is 0 Å². The van der Waals surface area contributed by atoms with Crippen LogP contribution in [-0.2, 0) is 0 Å². The maximum absolute atomic E-state index is 4.34. The summed E-state index contributed by atoms with van der Waals surface area (Å²) in [5.41, 5.74) is 0. The zero-order chi connectivity index (χ0) is 6.97. The summed E-state index contributed by atoms with van der Waals surface area (Å²) in [5.74, 6) is 1.12. The second-order valence-corrected chi connectivity index (χ2v) is 2.96. The minimum absolute atomic E-state index is 0.697. The zero-order valence-electron chi connectivity index (χ0n) is 6.30. The normalized spacial score (nSPS) is 31.1. The van der Waals surface area contributed by atoms with Crippen LogP contribution in [0.15, 0.2) is 4.99 Å². The highest BCUT2D eigenvalue weighted by molar-refractivity contribution is 5.82. The lowest BCUT2D eigenvalue weighted by molar-refractivity contribution is 0.305. The van der Waals surface area contributed by atoms with Crippen molar-refractivity contribution in [2.75, 3.05) is 19.6 Å². The first-order valence-electron chi connectivity index (χ1n) is 3.93. The Morgan fingerprint density at radius 3 is 3.40 bits per heavy atom. The summed E-state index contributed by atoms with van der Waals surface area (Å²) in [6.45, 7) is 5.45. The summed E-state index contributed by atoms with van der Waals surface area (Å²) in [6.07, 6.45) is 1.25. The van der Waals surface area contributed by atoms with E-state index in [2.05, 4.69) is 22.1 Å². The molecule has 3 heteroatoms. The average Bonchev–Trinajstić information content (AvgIpc) is 2.36. The van der Waals surface area contributed by atoms with E-state index < -0.39 is 0 Å². The zero-order valence-corrected chi connectivity index (χ0v) is 6.30. The van der Waals surface area contributed by atoms with E-state index in [1.54, 1.807) is 0 Å². The molecule has 1 fully saturated rings. The molecule has 0 bridgehead atoms. The molecule has 1 N–H and O–H groups in total. The molecule has 1 atom stereocenters. The second kappa shape index (κ2) is 2.15. The Morgan fingerprint density at radius 2 is 2.60 bits per heavy atom. The van der Waals surface area contributed by atoms with Crippen molar-refractivity contribution in [3.63, 3.8) is 0 Å². The fourth-order valence-corrected chi connectivity index (χ4v) is 1.60. The lowest BCUT2D eigenvalue weighted by Crippen LogP contribution is -2.49. The maximum atomic E-state index is 4.34. The Bertz CT molecular complexity index is 164. The Kier molecular flexibility index (Phi) is 1.29. The van der Waals surface area contributed by atoms with E-state index >= 15 is 0 Å². The van der Waals surface area contributed by atoms with Crippen LogP contribution in [0, 0.1) is 0 Å². The predicted octanol–water partition coefficient (Wildman–Crippen LogP) is 0.0398. The molecule has 0 radical (unpaired) electrons. The van der Waals surface area contributed by atoms with Crippen molar-refractivity contribution in [2.45, 2.75) is 19.4 Å². The predicted molar refractivity (Wildman–Crippen MR) is 41.1 cm³/mol. The Morgan fingerprint density at radius 1 is 1.70 bits per heavy atom. The number of nitrogens with one attached hydrogen (secondary N) is 1. The van der Waals surface area contributed by atoms with Crippen molar-refractivity contribution >= 4 is 5.96 Å². The van der Waals surface area contributed by atoms with Gasteiger partial charge in [0.25, 0.3) is 0 Å². The Balaban J connectivity index is 2.13. The number of guanidine groups is 1. The van der Waals surface area contributed by atoms with E-state index in [0.717, 1.165) is 25.6 Å². The molecule has 2 aliphatic heterocycles. The summed E-state index contributed by atoms with van der Waals surface area (Å²) in [7, 11) is 0. The van der Waals surface area contributed by atoms with Crippen molar-refractivity contribution in [1.82, 2.24) is 10.2 Å². The molecule has 10 heavy (non-hydrogen) atoms. The first kappa shape index (κ1) is 6.01. The molecule has 1 saturated heterocycles. The molecule has 0 aromatic carbocycles. The van der Waals surface area contributed by atoms with Gasteiger partial charge in [0, 0.05) is 19.1 Å². The molecule has 0 spiro atoms. The third-order valence-corrected chi connectivity index (χ3v) is 2.25. The van der Waals surface area contributed by atoms with Crippen molar-refractivity contribution in [3.8, 4) is 0 Å². The van der Waals surface area contributed by atoms with E-state index in [1.807, 2.05) is 0 Å². The number of hydrogen-bond acceptors (Lipinski definition) is 3. The van der Waals surface area contributed by atoms with Gasteiger partial charge in [-0.3, -0.25) is 4.99 Å². The number of hydrogen-bond donors (Lipinski definition) is 1. The van der Waals surface area contributed by atoms with Crippen molar-refractivity contribution in [1.29, 1.82) is 0 Å². The molecule has 56 valence electrons. The van der Waals surface area contributed by atoms with Crippen molar-refractivity contribution in [2.24, 2.45) is 4.99 Å². The fraction of sp³-hybridized carbons (Fsp3) is 0.857. The number of nitrogens with zero attached hydrogens (tertiary/aromatic N) is 2. The van der Waals surface area contributed by atoms with Crippen LogP contribution >= 0.6 is 0 Å². The molecule has 3 nitrogen and oxygen atoms in total. The highest BCUT2D eigenvalue weighted by Crippen LogP contribution is 2.11. The Hall–Kier alpha value is -0.730. The van der Waals surface area contributed by atoms with Gasteiger partial charge in [-0.2, -0.15) is 0 Å². The van der Waals surface area contributed by atoms with Gasteiger partial charge in [0.2, 0.25) is 0 Å². The van der Waals surface area contributed by atoms with Crippen LogP contribution in [0.25, 0.3) is 0 Å². The van der Waals surface area contributed by atoms with Crippen LogP contribution in [0.3, 0.4) is 0 Å². The van der Waals surface area contributed by atoms with Gasteiger partial charge in [-0.15, -0.1) is 0 Å². The van der Waals surface area contributed by atoms with Gasteiger partial charge >= 0.3 is 0 Å². The topological polar surface area (TPSA) is 27.6 Å². The van der Waals surface area contributed by atoms with E-state index in [4.69, 9.17) is 0 Å². The molecule has 2 rings (SSSR count). The monoisotopic (exact) mass is 139 g/mol. The third-order valence-electron chi connectivity index (χ3n) is 2.25. The molecule has 0 aromatic heterocycles. The Labute approximate surface area is 61.1 Å². The lowest BCUT2D eigenvalue weighted by atomic mass is 10.2.